The lowest BCUT2D eigenvalue weighted by molar-refractivity contribution is 0.669. The van der Waals surface area contributed by atoms with Crippen LogP contribution in [-0.2, 0) is 0 Å². The lowest BCUT2D eigenvalue weighted by Crippen LogP contribution is -2.10. The summed E-state index contributed by atoms with van der Waals surface area (Å²) in [7, 11) is 0. The molecule has 0 radical (unpaired) electrons. The van der Waals surface area contributed by atoms with E-state index in [1.54, 1.807) is 0 Å². The SMILES string of the molecule is c1ccc2cc(N(c3ccc(-c4cccc5c4oc4ccccc45)cc3)c3cccc4ccc5c6ccc(-c7cccc8c7oc7ccccc78)cc6sc5c34)ccc2c1. The molecule has 0 unspecified atom stereocenters. The molecular weight excluding hydrogens is 751 g/mol. The zero-order valence-electron chi connectivity index (χ0n) is 32.2. The minimum Gasteiger partial charge on any atom is -0.455 e. The number of fused-ring (bicyclic) bond motifs is 12. The van der Waals surface area contributed by atoms with Gasteiger partial charge >= 0.3 is 0 Å². The zero-order valence-corrected chi connectivity index (χ0v) is 33.0. The minimum absolute atomic E-state index is 0.905. The van der Waals surface area contributed by atoms with Crippen molar-refractivity contribution in [3.63, 3.8) is 0 Å². The van der Waals surface area contributed by atoms with Crippen molar-refractivity contribution in [3.8, 4) is 22.3 Å². The molecule has 0 aliphatic carbocycles. The van der Waals surface area contributed by atoms with Crippen LogP contribution in [0.4, 0.5) is 17.1 Å². The van der Waals surface area contributed by atoms with Crippen LogP contribution in [0.15, 0.2) is 209 Å². The molecule has 0 atom stereocenters. The highest BCUT2D eigenvalue weighted by molar-refractivity contribution is 7.26. The van der Waals surface area contributed by atoms with Crippen molar-refractivity contribution in [1.82, 2.24) is 0 Å². The molecule has 60 heavy (non-hydrogen) atoms. The fourth-order valence-electron chi connectivity index (χ4n) is 9.42. The summed E-state index contributed by atoms with van der Waals surface area (Å²) in [6.45, 7) is 0. The molecule has 3 aromatic heterocycles. The molecule has 0 bridgehead atoms. The maximum Gasteiger partial charge on any atom is 0.143 e. The van der Waals surface area contributed by atoms with Crippen LogP contribution < -0.4 is 4.90 Å². The van der Waals surface area contributed by atoms with Gasteiger partial charge in [0, 0.05) is 69.6 Å². The first kappa shape index (κ1) is 33.3. The number of rotatable bonds is 5. The summed E-state index contributed by atoms with van der Waals surface area (Å²) in [4.78, 5) is 2.43. The molecule has 280 valence electrons. The normalized spacial score (nSPS) is 12.0. The summed E-state index contributed by atoms with van der Waals surface area (Å²) in [5.74, 6) is 0. The Hall–Kier alpha value is -7.66. The van der Waals surface area contributed by atoms with Gasteiger partial charge in [-0.3, -0.25) is 0 Å². The smallest absolute Gasteiger partial charge is 0.143 e. The Labute approximate surface area is 348 Å². The monoisotopic (exact) mass is 783 g/mol. The number of benzene rings is 10. The summed E-state index contributed by atoms with van der Waals surface area (Å²) in [5, 5.41) is 11.9. The van der Waals surface area contributed by atoms with Gasteiger partial charge in [0.25, 0.3) is 0 Å². The van der Waals surface area contributed by atoms with E-state index in [0.29, 0.717) is 0 Å². The van der Waals surface area contributed by atoms with Gasteiger partial charge in [-0.15, -0.1) is 11.3 Å². The largest absolute Gasteiger partial charge is 0.455 e. The summed E-state index contributed by atoms with van der Waals surface area (Å²) in [6, 6.07) is 72.0. The van der Waals surface area contributed by atoms with Crippen LogP contribution in [0.25, 0.3) is 108 Å². The number of thiophene rings is 1. The van der Waals surface area contributed by atoms with Gasteiger partial charge in [0.05, 0.1) is 5.69 Å². The predicted octanol–water partition coefficient (Wildman–Crippen LogP) is 17.0. The van der Waals surface area contributed by atoms with Crippen molar-refractivity contribution in [2.75, 3.05) is 4.90 Å². The van der Waals surface area contributed by atoms with Gasteiger partial charge in [-0.25, -0.2) is 0 Å². The van der Waals surface area contributed by atoms with E-state index in [2.05, 4.69) is 187 Å². The van der Waals surface area contributed by atoms with Crippen molar-refractivity contribution in [2.24, 2.45) is 0 Å². The number of furan rings is 2. The first-order valence-corrected chi connectivity index (χ1v) is 21.1. The molecule has 0 saturated carbocycles. The summed E-state index contributed by atoms with van der Waals surface area (Å²) in [5.41, 5.74) is 11.4. The second kappa shape index (κ2) is 12.9. The third kappa shape index (κ3) is 5.01. The standard InChI is InChI=1S/C56H33NO2S/c1-2-11-37-32-40(29-22-34(37)10-1)57(39-27-23-35(24-28-39)41-15-8-17-46-43-13-3-5-20-50(43)58-54(41)46)49-19-7-12-36-25-31-48-45-30-26-38(33-52(45)60-56(48)53(36)49)42-16-9-18-47-44-14-4-6-21-51(44)59-55(42)47/h1-33H. The molecule has 0 aliphatic heterocycles. The molecule has 4 heteroatoms. The average Bonchev–Trinajstić information content (AvgIpc) is 4.00. The van der Waals surface area contributed by atoms with Crippen LogP contribution >= 0.6 is 11.3 Å². The van der Waals surface area contributed by atoms with Gasteiger partial charge < -0.3 is 13.7 Å². The maximum absolute atomic E-state index is 6.48. The molecule has 3 nitrogen and oxygen atoms in total. The molecule has 0 amide bonds. The van der Waals surface area contributed by atoms with Crippen LogP contribution in [0.2, 0.25) is 0 Å². The van der Waals surface area contributed by atoms with Crippen molar-refractivity contribution < 1.29 is 8.83 Å². The van der Waals surface area contributed by atoms with Crippen LogP contribution in [0.1, 0.15) is 0 Å². The van der Waals surface area contributed by atoms with E-state index in [-0.39, 0.29) is 0 Å². The highest BCUT2D eigenvalue weighted by atomic mass is 32.1. The van der Waals surface area contributed by atoms with Crippen LogP contribution in [0.3, 0.4) is 0 Å². The lowest BCUT2D eigenvalue weighted by Gasteiger charge is -2.27. The van der Waals surface area contributed by atoms with E-state index < -0.39 is 0 Å². The molecular formula is C56H33NO2S. The van der Waals surface area contributed by atoms with E-state index in [1.807, 2.05) is 29.5 Å². The molecule has 0 fully saturated rings. The second-order valence-corrected chi connectivity index (χ2v) is 16.7. The van der Waals surface area contributed by atoms with E-state index in [1.165, 1.54) is 41.7 Å². The van der Waals surface area contributed by atoms with Crippen molar-refractivity contribution >= 4 is 114 Å². The number of hydrogen-bond donors (Lipinski definition) is 0. The fourth-order valence-corrected chi connectivity index (χ4v) is 10.7. The zero-order chi connectivity index (χ0) is 39.3. The molecule has 10 aromatic carbocycles. The number of hydrogen-bond acceptors (Lipinski definition) is 4. The highest BCUT2D eigenvalue weighted by Gasteiger charge is 2.21. The highest BCUT2D eigenvalue weighted by Crippen LogP contribution is 2.48. The first-order valence-electron chi connectivity index (χ1n) is 20.3. The molecule has 13 rings (SSSR count). The Morgan fingerprint density at radius 1 is 0.367 bits per heavy atom. The third-order valence-electron chi connectivity index (χ3n) is 12.2. The van der Waals surface area contributed by atoms with Gasteiger partial charge in [0.1, 0.15) is 22.3 Å². The molecule has 3 heterocycles. The van der Waals surface area contributed by atoms with E-state index in [0.717, 1.165) is 83.2 Å². The number of nitrogens with zero attached hydrogens (tertiary/aromatic N) is 1. The first-order chi connectivity index (χ1) is 29.7. The Balaban J connectivity index is 0.996. The summed E-state index contributed by atoms with van der Waals surface area (Å²) in [6.07, 6.45) is 0. The Morgan fingerprint density at radius 2 is 0.933 bits per heavy atom. The summed E-state index contributed by atoms with van der Waals surface area (Å²) < 4.78 is 15.5. The lowest BCUT2D eigenvalue weighted by atomic mass is 9.99. The number of anilines is 3. The van der Waals surface area contributed by atoms with Crippen LogP contribution in [0, 0.1) is 0 Å². The quantitative estimate of drug-likeness (QED) is 0.174. The van der Waals surface area contributed by atoms with Crippen molar-refractivity contribution in [1.29, 1.82) is 0 Å². The number of para-hydroxylation sites is 4. The van der Waals surface area contributed by atoms with Crippen molar-refractivity contribution in [2.45, 2.75) is 0 Å². The van der Waals surface area contributed by atoms with Crippen LogP contribution in [-0.4, -0.2) is 0 Å². The van der Waals surface area contributed by atoms with E-state index >= 15 is 0 Å². The maximum atomic E-state index is 6.48. The molecule has 0 spiro atoms. The molecule has 13 aromatic rings. The molecule has 0 aliphatic rings. The minimum atomic E-state index is 0.905. The van der Waals surface area contributed by atoms with E-state index in [4.69, 9.17) is 8.83 Å². The third-order valence-corrected chi connectivity index (χ3v) is 13.4. The van der Waals surface area contributed by atoms with E-state index in [9.17, 15) is 0 Å². The fraction of sp³-hybridized carbons (Fsp3) is 0. The van der Waals surface area contributed by atoms with Gasteiger partial charge in [-0.1, -0.05) is 152 Å². The molecule has 0 N–H and O–H groups in total. The summed E-state index contributed by atoms with van der Waals surface area (Å²) >= 11 is 1.87. The predicted molar refractivity (Wildman–Crippen MR) is 254 cm³/mol. The van der Waals surface area contributed by atoms with Crippen LogP contribution in [0.5, 0.6) is 0 Å². The second-order valence-electron chi connectivity index (χ2n) is 15.6. The van der Waals surface area contributed by atoms with Gasteiger partial charge in [-0.2, -0.15) is 0 Å². The Morgan fingerprint density at radius 3 is 1.68 bits per heavy atom. The Bertz CT molecular complexity index is 3850. The average molecular weight is 784 g/mol. The van der Waals surface area contributed by atoms with Gasteiger partial charge in [0.15, 0.2) is 0 Å². The Kier molecular flexibility index (Phi) is 7.18. The van der Waals surface area contributed by atoms with Gasteiger partial charge in [0.2, 0.25) is 0 Å². The van der Waals surface area contributed by atoms with Gasteiger partial charge in [-0.05, 0) is 75.8 Å². The van der Waals surface area contributed by atoms with Crippen molar-refractivity contribution in [3.05, 3.63) is 200 Å². The molecule has 0 saturated heterocycles. The topological polar surface area (TPSA) is 29.5 Å².